The fourth-order valence-corrected chi connectivity index (χ4v) is 6.12. The topological polar surface area (TPSA) is 101 Å². The van der Waals surface area contributed by atoms with Gasteiger partial charge in [0.25, 0.3) is 11.8 Å². The Labute approximate surface area is 260 Å². The van der Waals surface area contributed by atoms with Gasteiger partial charge >= 0.3 is 0 Å². The van der Waals surface area contributed by atoms with E-state index in [9.17, 15) is 31.9 Å². The summed E-state index contributed by atoms with van der Waals surface area (Å²) in [5, 5.41) is 7.07. The minimum absolute atomic E-state index is 0.112. The summed E-state index contributed by atoms with van der Waals surface area (Å²) in [5.74, 6) is -5.72. The second kappa shape index (κ2) is 14.0. The first-order valence-corrected chi connectivity index (χ1v) is 14.9. The lowest BCUT2D eigenvalue weighted by atomic mass is 10.1. The molecule has 3 amide bonds. The number of nitrogens with one attached hydrogen (secondary N) is 1. The quantitative estimate of drug-likeness (QED) is 0.233. The first-order valence-electron chi connectivity index (χ1n) is 14.0. The number of thioether (sulfide) groups is 1. The van der Waals surface area contributed by atoms with Crippen LogP contribution in [0.4, 0.5) is 17.6 Å². The molecule has 0 saturated carbocycles. The second-order valence-electron chi connectivity index (χ2n) is 10.1. The molecular weight excluding hydrogens is 616 g/mol. The van der Waals surface area contributed by atoms with Crippen molar-refractivity contribution in [3.63, 3.8) is 0 Å². The normalized spacial score (nSPS) is 16.2. The van der Waals surface area contributed by atoms with Gasteiger partial charge in [0.1, 0.15) is 39.2 Å². The van der Waals surface area contributed by atoms with E-state index in [1.54, 1.807) is 23.1 Å². The largest absolute Gasteiger partial charge is 0.492 e. The van der Waals surface area contributed by atoms with Gasteiger partial charge in [-0.3, -0.25) is 14.4 Å². The van der Waals surface area contributed by atoms with Crippen molar-refractivity contribution in [2.75, 3.05) is 33.4 Å². The summed E-state index contributed by atoms with van der Waals surface area (Å²) >= 11 is 1.03. The highest BCUT2D eigenvalue weighted by atomic mass is 32.2. The number of methoxy groups -OCH3 is 1. The minimum atomic E-state index is -1.41. The molecular formula is C31H28F4N4O5S. The number of carbonyl (C=O) groups is 3. The summed E-state index contributed by atoms with van der Waals surface area (Å²) in [6, 6.07) is 10.8. The van der Waals surface area contributed by atoms with Crippen LogP contribution in [0.1, 0.15) is 46.1 Å². The summed E-state index contributed by atoms with van der Waals surface area (Å²) in [6.45, 7) is 1.25. The number of likely N-dealkylation sites (tertiary alicyclic amines) is 1. The molecule has 0 radical (unpaired) electrons. The number of carbonyl (C=O) groups excluding carboxylic acids is 3. The average molecular weight is 645 g/mol. The number of amides is 3. The highest BCUT2D eigenvalue weighted by Gasteiger charge is 2.39. The van der Waals surface area contributed by atoms with Crippen molar-refractivity contribution in [1.82, 2.24) is 15.2 Å². The first kappa shape index (κ1) is 31.8. The summed E-state index contributed by atoms with van der Waals surface area (Å²) in [7, 11) is 1.35. The summed E-state index contributed by atoms with van der Waals surface area (Å²) < 4.78 is 67.9. The number of ether oxygens (including phenoxy) is 2. The monoisotopic (exact) mass is 644 g/mol. The van der Waals surface area contributed by atoms with E-state index in [1.165, 1.54) is 31.4 Å². The van der Waals surface area contributed by atoms with E-state index in [-0.39, 0.29) is 29.1 Å². The van der Waals surface area contributed by atoms with E-state index < -0.39 is 46.0 Å². The van der Waals surface area contributed by atoms with Crippen LogP contribution in [0.25, 0.3) is 0 Å². The molecule has 2 aliphatic heterocycles. The van der Waals surface area contributed by atoms with Crippen LogP contribution in [0.3, 0.4) is 0 Å². The van der Waals surface area contributed by atoms with Gasteiger partial charge in [-0.15, -0.1) is 0 Å². The summed E-state index contributed by atoms with van der Waals surface area (Å²) in [6.07, 6.45) is 1.97. The van der Waals surface area contributed by atoms with Gasteiger partial charge < -0.3 is 19.7 Å². The van der Waals surface area contributed by atoms with Crippen molar-refractivity contribution in [2.24, 2.45) is 5.10 Å². The number of nitrogens with zero attached hydrogens (tertiary/aromatic N) is 3. The van der Waals surface area contributed by atoms with Gasteiger partial charge in [-0.05, 0) is 43.2 Å². The Kier molecular flexibility index (Phi) is 9.91. The van der Waals surface area contributed by atoms with E-state index in [4.69, 9.17) is 9.47 Å². The molecule has 1 N–H and O–H groups in total. The lowest BCUT2D eigenvalue weighted by molar-refractivity contribution is -0.127. The Morgan fingerprint density at radius 2 is 1.78 bits per heavy atom. The first-order chi connectivity index (χ1) is 21.7. The van der Waals surface area contributed by atoms with Crippen LogP contribution in [0, 0.1) is 23.3 Å². The third kappa shape index (κ3) is 7.22. The van der Waals surface area contributed by atoms with Crippen LogP contribution in [-0.2, 0) is 9.59 Å². The zero-order valence-electron chi connectivity index (χ0n) is 24.0. The summed E-state index contributed by atoms with van der Waals surface area (Å²) in [5.41, 5.74) is -0.269. The number of para-hydroxylation sites is 1. The number of hydrogen-bond donors (Lipinski definition) is 1. The predicted molar refractivity (Wildman–Crippen MR) is 158 cm³/mol. The van der Waals surface area contributed by atoms with E-state index >= 15 is 0 Å². The number of hydrogen-bond acceptors (Lipinski definition) is 7. The molecule has 0 aromatic heterocycles. The van der Waals surface area contributed by atoms with Gasteiger partial charge in [-0.25, -0.2) is 22.6 Å². The number of halogens is 4. The van der Waals surface area contributed by atoms with Crippen LogP contribution in [-0.4, -0.2) is 66.0 Å². The SMILES string of the molecule is COc1c(OCC(=O)NCCCN2CCCC2=O)cccc1C1SC(c2ccc(F)cc2)=NN1C(=O)c1c(F)cc(F)cc1F. The molecule has 5 rings (SSSR count). The Bertz CT molecular complexity index is 1620. The standard InChI is InChI=1S/C31H28F4N4O5S/c1-43-28-21(5-2-6-24(28)44-17-25(40)36-12-4-14-38-13-3-7-26(38)41)31-39(30(42)27-22(34)15-20(33)16-23(27)35)37-29(45-31)18-8-10-19(32)11-9-18/h2,5-6,8-11,15-16,31H,3-4,7,12-14,17H2,1H3,(H,36,40). The summed E-state index contributed by atoms with van der Waals surface area (Å²) in [4.78, 5) is 39.5. The fourth-order valence-electron chi connectivity index (χ4n) is 4.95. The number of rotatable bonds is 11. The molecule has 14 heteroatoms. The molecule has 0 bridgehead atoms. The van der Waals surface area contributed by atoms with Gasteiger partial charge in [-0.2, -0.15) is 5.10 Å². The molecule has 236 valence electrons. The fraction of sp³-hybridized carbons (Fsp3) is 0.290. The maximum absolute atomic E-state index is 14.7. The molecule has 1 fully saturated rings. The van der Waals surface area contributed by atoms with Crippen molar-refractivity contribution in [1.29, 1.82) is 0 Å². The lowest BCUT2D eigenvalue weighted by Gasteiger charge is -2.24. The van der Waals surface area contributed by atoms with E-state index in [1.807, 2.05) is 0 Å². The number of hydrazone groups is 1. The zero-order valence-corrected chi connectivity index (χ0v) is 24.8. The van der Waals surface area contributed by atoms with E-state index in [0.29, 0.717) is 49.2 Å². The Morgan fingerprint density at radius 3 is 2.44 bits per heavy atom. The van der Waals surface area contributed by atoms with Crippen LogP contribution in [0.15, 0.2) is 59.7 Å². The van der Waals surface area contributed by atoms with Gasteiger partial charge in [0.15, 0.2) is 18.1 Å². The predicted octanol–water partition coefficient (Wildman–Crippen LogP) is 5.01. The highest BCUT2D eigenvalue weighted by Crippen LogP contribution is 2.47. The van der Waals surface area contributed by atoms with Crippen molar-refractivity contribution in [3.8, 4) is 11.5 Å². The molecule has 1 unspecified atom stereocenters. The number of benzene rings is 3. The Balaban J connectivity index is 1.36. The van der Waals surface area contributed by atoms with Gasteiger partial charge in [-0.1, -0.05) is 23.9 Å². The van der Waals surface area contributed by atoms with Crippen molar-refractivity contribution in [2.45, 2.75) is 24.6 Å². The molecule has 3 aromatic rings. The molecule has 2 heterocycles. The van der Waals surface area contributed by atoms with E-state index in [2.05, 4.69) is 10.4 Å². The van der Waals surface area contributed by atoms with Crippen LogP contribution in [0.5, 0.6) is 11.5 Å². The molecule has 1 saturated heterocycles. The molecule has 2 aliphatic rings. The minimum Gasteiger partial charge on any atom is -0.492 e. The van der Waals surface area contributed by atoms with E-state index in [0.717, 1.165) is 29.7 Å². The van der Waals surface area contributed by atoms with Gasteiger partial charge in [0.05, 0.1) is 7.11 Å². The maximum atomic E-state index is 14.7. The molecule has 3 aromatic carbocycles. The highest BCUT2D eigenvalue weighted by molar-refractivity contribution is 8.14. The Morgan fingerprint density at radius 1 is 1.04 bits per heavy atom. The molecule has 0 spiro atoms. The third-order valence-electron chi connectivity index (χ3n) is 7.10. The second-order valence-corrected chi connectivity index (χ2v) is 11.2. The smallest absolute Gasteiger partial charge is 0.281 e. The molecule has 1 atom stereocenters. The molecule has 0 aliphatic carbocycles. The van der Waals surface area contributed by atoms with Crippen molar-refractivity contribution in [3.05, 3.63) is 94.6 Å². The van der Waals surface area contributed by atoms with Crippen LogP contribution < -0.4 is 14.8 Å². The van der Waals surface area contributed by atoms with Crippen LogP contribution in [0.2, 0.25) is 0 Å². The lowest BCUT2D eigenvalue weighted by Crippen LogP contribution is -2.33. The molecule has 9 nitrogen and oxygen atoms in total. The maximum Gasteiger partial charge on any atom is 0.281 e. The zero-order chi connectivity index (χ0) is 32.1. The third-order valence-corrected chi connectivity index (χ3v) is 8.32. The van der Waals surface area contributed by atoms with Crippen LogP contribution >= 0.6 is 11.8 Å². The van der Waals surface area contributed by atoms with Crippen molar-refractivity contribution >= 4 is 34.5 Å². The van der Waals surface area contributed by atoms with Gasteiger partial charge in [0, 0.05) is 49.3 Å². The van der Waals surface area contributed by atoms with Gasteiger partial charge in [0.2, 0.25) is 5.91 Å². The van der Waals surface area contributed by atoms with Crippen molar-refractivity contribution < 1.29 is 41.4 Å². The Hall–Kier alpha value is -4.59. The molecule has 45 heavy (non-hydrogen) atoms. The average Bonchev–Trinajstić information content (AvgIpc) is 3.64.